The van der Waals surface area contributed by atoms with E-state index < -0.39 is 5.92 Å². The molecule has 9 heteroatoms. The summed E-state index contributed by atoms with van der Waals surface area (Å²) in [5, 5.41) is 3.69. The molecule has 1 amide bonds. The van der Waals surface area contributed by atoms with E-state index in [0.29, 0.717) is 35.9 Å². The number of nitrogens with zero attached hydrogens (tertiary/aromatic N) is 4. The molecule has 0 aliphatic carbocycles. The van der Waals surface area contributed by atoms with Gasteiger partial charge in [-0.1, -0.05) is 18.2 Å². The molecule has 0 saturated carbocycles. The van der Waals surface area contributed by atoms with Crippen LogP contribution in [0.5, 0.6) is 11.5 Å². The fourth-order valence-corrected chi connectivity index (χ4v) is 3.75. The van der Waals surface area contributed by atoms with Crippen LogP contribution in [0, 0.1) is 0 Å². The van der Waals surface area contributed by atoms with E-state index in [1.807, 2.05) is 47.2 Å². The van der Waals surface area contributed by atoms with E-state index in [4.69, 9.17) is 9.47 Å². The Bertz CT molecular complexity index is 1230. The zero-order valence-corrected chi connectivity index (χ0v) is 17.5. The van der Waals surface area contributed by atoms with Crippen LogP contribution in [0.4, 0.5) is 5.69 Å². The average molecular weight is 438 g/mol. The number of ether oxygens (including phenoxy) is 2. The first-order chi connectivity index (χ1) is 14.7. The van der Waals surface area contributed by atoms with Gasteiger partial charge in [0.25, 0.3) is 0 Å². The van der Waals surface area contributed by atoms with E-state index in [2.05, 4.69) is 20.3 Å². The van der Waals surface area contributed by atoms with E-state index >= 15 is 0 Å². The van der Waals surface area contributed by atoms with Crippen molar-refractivity contribution >= 4 is 34.9 Å². The van der Waals surface area contributed by atoms with Crippen molar-refractivity contribution in [1.82, 2.24) is 19.5 Å². The summed E-state index contributed by atoms with van der Waals surface area (Å²) in [6, 6.07) is 11.3. The maximum Gasteiger partial charge on any atom is 0.238 e. The quantitative estimate of drug-likeness (QED) is 0.497. The number of nitrogens with one attached hydrogen (secondary N) is 1. The van der Waals surface area contributed by atoms with E-state index in [1.165, 1.54) is 6.33 Å². The Morgan fingerprint density at radius 2 is 2.03 bits per heavy atom. The van der Waals surface area contributed by atoms with Gasteiger partial charge in [-0.3, -0.25) is 4.79 Å². The van der Waals surface area contributed by atoms with Gasteiger partial charge in [0.2, 0.25) is 5.91 Å². The summed E-state index contributed by atoms with van der Waals surface area (Å²) >= 11 is 0. The summed E-state index contributed by atoms with van der Waals surface area (Å²) in [6.45, 7) is 1.11. The minimum absolute atomic E-state index is 0. The highest BCUT2D eigenvalue weighted by atomic mass is 35.5. The number of anilines is 1. The molecule has 1 aliphatic rings. The number of halogens is 1. The highest BCUT2D eigenvalue weighted by Gasteiger charge is 2.34. The highest BCUT2D eigenvalue weighted by Crippen LogP contribution is 2.40. The van der Waals surface area contributed by atoms with Crippen molar-refractivity contribution in [2.45, 2.75) is 12.5 Å². The third kappa shape index (κ3) is 3.77. The second kappa shape index (κ2) is 8.61. The molecule has 158 valence electrons. The maximum absolute atomic E-state index is 12.7. The maximum atomic E-state index is 12.7. The van der Waals surface area contributed by atoms with Crippen LogP contribution in [-0.2, 0) is 11.3 Å². The minimum Gasteiger partial charge on any atom is -0.493 e. The number of imidazole rings is 1. The van der Waals surface area contributed by atoms with Crippen LogP contribution in [0.1, 0.15) is 17.2 Å². The molecule has 4 aromatic rings. The highest BCUT2D eigenvalue weighted by molar-refractivity contribution is 6.06. The number of aromatic nitrogens is 4. The number of hydrogen-bond acceptors (Lipinski definition) is 6. The van der Waals surface area contributed by atoms with E-state index in [0.717, 1.165) is 16.6 Å². The molecule has 1 unspecified atom stereocenters. The predicted molar refractivity (Wildman–Crippen MR) is 118 cm³/mol. The van der Waals surface area contributed by atoms with Crippen LogP contribution >= 0.6 is 12.4 Å². The molecule has 1 N–H and O–H groups in total. The van der Waals surface area contributed by atoms with Gasteiger partial charge in [-0.05, 0) is 17.7 Å². The molecular formula is C22H20ClN5O3. The number of rotatable bonds is 6. The van der Waals surface area contributed by atoms with Crippen molar-refractivity contribution in [3.05, 3.63) is 72.7 Å². The van der Waals surface area contributed by atoms with Gasteiger partial charge >= 0.3 is 0 Å². The fourth-order valence-electron chi connectivity index (χ4n) is 3.75. The minimum atomic E-state index is -0.496. The second-order valence-corrected chi connectivity index (χ2v) is 6.94. The van der Waals surface area contributed by atoms with Crippen LogP contribution in [0.3, 0.4) is 0 Å². The lowest BCUT2D eigenvalue weighted by Gasteiger charge is -2.15. The summed E-state index contributed by atoms with van der Waals surface area (Å²) in [5.41, 5.74) is 3.05. The number of para-hydroxylation sites is 1. The van der Waals surface area contributed by atoms with E-state index in [-0.39, 0.29) is 18.3 Å². The van der Waals surface area contributed by atoms with Crippen molar-refractivity contribution in [2.24, 2.45) is 0 Å². The molecule has 31 heavy (non-hydrogen) atoms. The first-order valence-electron chi connectivity index (χ1n) is 9.55. The summed E-state index contributed by atoms with van der Waals surface area (Å²) in [5.74, 6) is 0.558. The Morgan fingerprint density at radius 3 is 2.84 bits per heavy atom. The van der Waals surface area contributed by atoms with Crippen LogP contribution in [0.2, 0.25) is 0 Å². The van der Waals surface area contributed by atoms with Gasteiger partial charge in [0, 0.05) is 29.5 Å². The normalized spacial score (nSPS) is 14.6. The molecule has 0 bridgehead atoms. The molecule has 0 spiro atoms. The lowest BCUT2D eigenvalue weighted by Crippen LogP contribution is -2.15. The average Bonchev–Trinajstić information content (AvgIpc) is 3.39. The molecule has 2 aromatic carbocycles. The number of fused-ring (bicyclic) bond motifs is 2. The van der Waals surface area contributed by atoms with Gasteiger partial charge in [-0.25, -0.2) is 15.0 Å². The number of hydrogen-bond donors (Lipinski definition) is 1. The van der Waals surface area contributed by atoms with Gasteiger partial charge in [0.15, 0.2) is 11.5 Å². The number of benzene rings is 2. The Morgan fingerprint density at radius 1 is 1.16 bits per heavy atom. The first-order valence-corrected chi connectivity index (χ1v) is 9.55. The zero-order valence-electron chi connectivity index (χ0n) is 16.7. The smallest absolute Gasteiger partial charge is 0.238 e. The summed E-state index contributed by atoms with van der Waals surface area (Å²) in [4.78, 5) is 25.6. The van der Waals surface area contributed by atoms with Crippen molar-refractivity contribution in [1.29, 1.82) is 0 Å². The third-order valence-corrected chi connectivity index (χ3v) is 5.18. The molecule has 3 heterocycles. The molecule has 2 aromatic heterocycles. The number of methoxy groups -OCH3 is 1. The van der Waals surface area contributed by atoms with Crippen molar-refractivity contribution in [2.75, 3.05) is 19.0 Å². The summed E-state index contributed by atoms with van der Waals surface area (Å²) in [6.07, 6.45) is 6.83. The summed E-state index contributed by atoms with van der Waals surface area (Å²) < 4.78 is 13.4. The third-order valence-electron chi connectivity index (χ3n) is 5.18. The van der Waals surface area contributed by atoms with Gasteiger partial charge < -0.3 is 19.4 Å². The van der Waals surface area contributed by atoms with Crippen molar-refractivity contribution in [3.8, 4) is 11.5 Å². The number of amides is 1. The van der Waals surface area contributed by atoms with Gasteiger partial charge in [-0.2, -0.15) is 0 Å². The molecule has 0 fully saturated rings. The Kier molecular flexibility index (Phi) is 5.73. The predicted octanol–water partition coefficient (Wildman–Crippen LogP) is 3.42. The first kappa shape index (κ1) is 20.6. The van der Waals surface area contributed by atoms with E-state index in [9.17, 15) is 4.79 Å². The molecular weight excluding hydrogens is 418 g/mol. The summed E-state index contributed by atoms with van der Waals surface area (Å²) in [7, 11) is 1.59. The number of carbonyl (C=O) groups is 1. The van der Waals surface area contributed by atoms with E-state index in [1.54, 1.807) is 19.6 Å². The van der Waals surface area contributed by atoms with Crippen LogP contribution in [0.15, 0.2) is 61.4 Å². The lowest BCUT2D eigenvalue weighted by atomic mass is 9.94. The standard InChI is InChI=1S/C22H19N5O3.ClH/c1-29-18-10-15-17(11-19(18)30-9-8-27-7-6-23-13-27)24-12-25-21(15)20-14-4-2-3-5-16(14)26-22(20)28;/h2-7,10-13,20H,8-9H2,1H3,(H,26,28);1H. The van der Waals surface area contributed by atoms with Crippen LogP contribution in [0.25, 0.3) is 10.9 Å². The van der Waals surface area contributed by atoms with Crippen LogP contribution in [-0.4, -0.2) is 39.1 Å². The monoisotopic (exact) mass is 437 g/mol. The molecule has 1 aliphatic heterocycles. The van der Waals surface area contributed by atoms with Crippen LogP contribution < -0.4 is 14.8 Å². The van der Waals surface area contributed by atoms with Gasteiger partial charge in [-0.15, -0.1) is 12.4 Å². The SMILES string of the molecule is COc1cc2c(C3C(=O)Nc4ccccc43)ncnc2cc1OCCn1ccnc1.Cl. The molecule has 8 nitrogen and oxygen atoms in total. The lowest BCUT2D eigenvalue weighted by molar-refractivity contribution is -0.116. The molecule has 1 atom stereocenters. The molecule has 5 rings (SSSR count). The molecule has 0 saturated heterocycles. The van der Waals surface area contributed by atoms with Gasteiger partial charge in [0.05, 0.1) is 31.2 Å². The topological polar surface area (TPSA) is 91.2 Å². The second-order valence-electron chi connectivity index (χ2n) is 6.94. The molecule has 0 radical (unpaired) electrons. The van der Waals surface area contributed by atoms with Crippen molar-refractivity contribution < 1.29 is 14.3 Å². The Hall–Kier alpha value is -3.65. The Balaban J connectivity index is 0.00000231. The largest absolute Gasteiger partial charge is 0.493 e. The Labute approximate surface area is 184 Å². The van der Waals surface area contributed by atoms with Crippen molar-refractivity contribution in [3.63, 3.8) is 0 Å². The number of carbonyl (C=O) groups excluding carboxylic acids is 1. The zero-order chi connectivity index (χ0) is 20.5. The fraction of sp³-hybridized carbons (Fsp3) is 0.182. The van der Waals surface area contributed by atoms with Gasteiger partial charge in [0.1, 0.15) is 18.9 Å².